The van der Waals surface area contributed by atoms with Crippen LogP contribution in [0.1, 0.15) is 13.3 Å². The second-order valence-electron chi connectivity index (χ2n) is 3.61. The van der Waals surface area contributed by atoms with Crippen molar-refractivity contribution in [3.63, 3.8) is 0 Å². The summed E-state index contributed by atoms with van der Waals surface area (Å²) in [7, 11) is 0. The number of hydrogen-bond acceptors (Lipinski definition) is 3. The molecule has 0 spiro atoms. The molecule has 4 nitrogen and oxygen atoms in total. The van der Waals surface area contributed by atoms with Crippen LogP contribution in [-0.4, -0.2) is 36.5 Å². The van der Waals surface area contributed by atoms with E-state index in [1.807, 2.05) is 6.92 Å². The monoisotopic (exact) mass is 171 g/mol. The van der Waals surface area contributed by atoms with Gasteiger partial charge in [0, 0.05) is 25.0 Å². The number of nitrogens with two attached hydrogens (primary N) is 2. The minimum Gasteiger partial charge on any atom is -0.369 e. The van der Waals surface area contributed by atoms with Gasteiger partial charge >= 0.3 is 0 Å². The second kappa shape index (κ2) is 3.87. The van der Waals surface area contributed by atoms with Crippen LogP contribution in [-0.2, 0) is 4.79 Å². The molecule has 1 fully saturated rings. The zero-order valence-corrected chi connectivity index (χ0v) is 7.49. The fourth-order valence-electron chi connectivity index (χ4n) is 1.51. The smallest absolute Gasteiger partial charge is 0.221 e. The highest BCUT2D eigenvalue weighted by Gasteiger charge is 2.21. The van der Waals surface area contributed by atoms with Crippen LogP contribution in [0.15, 0.2) is 0 Å². The molecular formula is C8H17N3O. The number of amides is 1. The molecule has 12 heavy (non-hydrogen) atoms. The van der Waals surface area contributed by atoms with Crippen LogP contribution >= 0.6 is 0 Å². The van der Waals surface area contributed by atoms with Crippen molar-refractivity contribution in [2.75, 3.05) is 19.6 Å². The molecule has 0 aromatic heterocycles. The van der Waals surface area contributed by atoms with Gasteiger partial charge in [0.25, 0.3) is 0 Å². The third kappa shape index (κ3) is 2.46. The fourth-order valence-corrected chi connectivity index (χ4v) is 1.51. The van der Waals surface area contributed by atoms with Crippen LogP contribution in [0.4, 0.5) is 0 Å². The summed E-state index contributed by atoms with van der Waals surface area (Å²) in [6.07, 6.45) is 1.03. The lowest BCUT2D eigenvalue weighted by molar-refractivity contribution is -0.121. The summed E-state index contributed by atoms with van der Waals surface area (Å²) in [5.74, 6) is -0.286. The van der Waals surface area contributed by atoms with E-state index in [1.54, 1.807) is 0 Å². The molecule has 0 aliphatic carbocycles. The first-order chi connectivity index (χ1) is 5.59. The van der Waals surface area contributed by atoms with Gasteiger partial charge in [-0.2, -0.15) is 0 Å². The third-order valence-electron chi connectivity index (χ3n) is 2.33. The highest BCUT2D eigenvalue weighted by molar-refractivity contribution is 5.76. The van der Waals surface area contributed by atoms with Gasteiger partial charge in [-0.3, -0.25) is 4.79 Å². The van der Waals surface area contributed by atoms with Gasteiger partial charge in [0.2, 0.25) is 5.91 Å². The minimum absolute atomic E-state index is 0.0599. The Hall–Kier alpha value is -0.610. The molecule has 1 saturated heterocycles. The maximum absolute atomic E-state index is 10.7. The van der Waals surface area contributed by atoms with Gasteiger partial charge in [0.05, 0.1) is 0 Å². The van der Waals surface area contributed by atoms with Crippen LogP contribution in [0.5, 0.6) is 0 Å². The Balaban J connectivity index is 2.27. The molecule has 1 aliphatic rings. The van der Waals surface area contributed by atoms with E-state index < -0.39 is 0 Å². The minimum atomic E-state index is -0.226. The maximum Gasteiger partial charge on any atom is 0.221 e. The van der Waals surface area contributed by atoms with Crippen LogP contribution in [0, 0.1) is 5.92 Å². The van der Waals surface area contributed by atoms with Crippen molar-refractivity contribution < 1.29 is 4.79 Å². The quantitative estimate of drug-likeness (QED) is 0.580. The molecule has 0 aromatic rings. The summed E-state index contributed by atoms with van der Waals surface area (Å²) in [4.78, 5) is 12.9. The Morgan fingerprint density at radius 2 is 2.42 bits per heavy atom. The van der Waals surface area contributed by atoms with Gasteiger partial charge in [-0.05, 0) is 13.0 Å². The van der Waals surface area contributed by atoms with E-state index in [0.29, 0.717) is 0 Å². The largest absolute Gasteiger partial charge is 0.369 e. The Bertz CT molecular complexity index is 172. The van der Waals surface area contributed by atoms with E-state index in [4.69, 9.17) is 11.5 Å². The number of carbonyl (C=O) groups excluding carboxylic acids is 1. The number of likely N-dealkylation sites (tertiary alicyclic amines) is 1. The van der Waals surface area contributed by atoms with Gasteiger partial charge in [0.15, 0.2) is 0 Å². The summed E-state index contributed by atoms with van der Waals surface area (Å²) in [6, 6.07) is 0.282. The first-order valence-electron chi connectivity index (χ1n) is 4.37. The standard InChI is InChI=1S/C8H17N3O/c1-6(8(10)12)4-11-3-2-7(9)5-11/h6-7H,2-5,9H2,1H3,(H2,10,12)/t6?,7-/m0/s1. The van der Waals surface area contributed by atoms with E-state index in [1.165, 1.54) is 0 Å². The molecule has 1 rings (SSSR count). The van der Waals surface area contributed by atoms with Gasteiger partial charge < -0.3 is 16.4 Å². The first kappa shape index (κ1) is 9.48. The molecule has 70 valence electrons. The van der Waals surface area contributed by atoms with Crippen LogP contribution in [0.3, 0.4) is 0 Å². The molecule has 4 heteroatoms. The zero-order chi connectivity index (χ0) is 9.14. The maximum atomic E-state index is 10.7. The highest BCUT2D eigenvalue weighted by Crippen LogP contribution is 2.09. The lowest BCUT2D eigenvalue weighted by atomic mass is 10.1. The average Bonchev–Trinajstić information content (AvgIpc) is 2.35. The summed E-state index contributed by atoms with van der Waals surface area (Å²) in [5.41, 5.74) is 10.9. The van der Waals surface area contributed by atoms with Crippen molar-refractivity contribution in [3.05, 3.63) is 0 Å². The Labute approximate surface area is 72.9 Å². The van der Waals surface area contributed by atoms with E-state index in [9.17, 15) is 4.79 Å². The Kier molecular flexibility index (Phi) is 3.05. The molecule has 1 amide bonds. The van der Waals surface area contributed by atoms with Crippen LogP contribution in [0.2, 0.25) is 0 Å². The summed E-state index contributed by atoms with van der Waals surface area (Å²) in [6.45, 7) is 4.51. The van der Waals surface area contributed by atoms with Crippen molar-refractivity contribution in [2.45, 2.75) is 19.4 Å². The number of primary amides is 1. The average molecular weight is 171 g/mol. The van der Waals surface area contributed by atoms with Crippen molar-refractivity contribution in [2.24, 2.45) is 17.4 Å². The van der Waals surface area contributed by atoms with Crippen molar-refractivity contribution in [1.29, 1.82) is 0 Å². The molecule has 0 radical (unpaired) electrons. The third-order valence-corrected chi connectivity index (χ3v) is 2.33. The second-order valence-corrected chi connectivity index (χ2v) is 3.61. The molecule has 4 N–H and O–H groups in total. The topological polar surface area (TPSA) is 72.3 Å². The Morgan fingerprint density at radius 3 is 2.83 bits per heavy atom. The number of carbonyl (C=O) groups is 1. The summed E-state index contributed by atoms with van der Waals surface area (Å²) >= 11 is 0. The highest BCUT2D eigenvalue weighted by atomic mass is 16.1. The number of rotatable bonds is 3. The molecule has 0 saturated carbocycles. The molecule has 1 aliphatic heterocycles. The predicted molar refractivity (Wildman–Crippen MR) is 47.4 cm³/mol. The van der Waals surface area contributed by atoms with Gasteiger partial charge in [-0.25, -0.2) is 0 Å². The van der Waals surface area contributed by atoms with Crippen LogP contribution < -0.4 is 11.5 Å². The predicted octanol–water partition coefficient (Wildman–Crippen LogP) is -0.859. The van der Waals surface area contributed by atoms with E-state index in [-0.39, 0.29) is 17.9 Å². The molecule has 0 bridgehead atoms. The molecule has 1 heterocycles. The lowest BCUT2D eigenvalue weighted by Gasteiger charge is -2.17. The van der Waals surface area contributed by atoms with E-state index in [2.05, 4.69) is 4.90 Å². The molecular weight excluding hydrogens is 154 g/mol. The normalized spacial score (nSPS) is 27.3. The zero-order valence-electron chi connectivity index (χ0n) is 7.49. The van der Waals surface area contributed by atoms with E-state index >= 15 is 0 Å². The van der Waals surface area contributed by atoms with E-state index in [0.717, 1.165) is 26.1 Å². The number of hydrogen-bond donors (Lipinski definition) is 2. The van der Waals surface area contributed by atoms with Crippen molar-refractivity contribution >= 4 is 5.91 Å². The molecule has 1 unspecified atom stereocenters. The fraction of sp³-hybridized carbons (Fsp3) is 0.875. The van der Waals surface area contributed by atoms with Gasteiger partial charge in [-0.1, -0.05) is 6.92 Å². The summed E-state index contributed by atoms with van der Waals surface area (Å²) in [5, 5.41) is 0. The lowest BCUT2D eigenvalue weighted by Crippen LogP contribution is -2.35. The Morgan fingerprint density at radius 1 is 1.75 bits per heavy atom. The molecule has 0 aromatic carbocycles. The molecule has 2 atom stereocenters. The van der Waals surface area contributed by atoms with Gasteiger partial charge in [-0.15, -0.1) is 0 Å². The first-order valence-corrected chi connectivity index (χ1v) is 4.37. The van der Waals surface area contributed by atoms with Crippen molar-refractivity contribution in [1.82, 2.24) is 4.90 Å². The SMILES string of the molecule is CC(CN1CC[C@H](N)C1)C(N)=O. The van der Waals surface area contributed by atoms with Crippen LogP contribution in [0.25, 0.3) is 0 Å². The number of nitrogens with zero attached hydrogens (tertiary/aromatic N) is 1. The van der Waals surface area contributed by atoms with Gasteiger partial charge in [0.1, 0.15) is 0 Å². The summed E-state index contributed by atoms with van der Waals surface area (Å²) < 4.78 is 0. The van der Waals surface area contributed by atoms with Crippen molar-refractivity contribution in [3.8, 4) is 0 Å².